The summed E-state index contributed by atoms with van der Waals surface area (Å²) < 4.78 is 38.5. The molecule has 1 heterocycles. The maximum absolute atomic E-state index is 13.9. The molecule has 2 fully saturated rings. The standard InChI is InChI=1S/C30H39F2N3O3/c1-20-17-25(20)30(2,3)38-29(36)35-13-11-34(12-14-35)23-8-5-21-6-9-27(24(21)19-23)33(4)15-16-37-28-10-7-22(31)18-26(28)32/h5,7-8,10,18-20,25,27H,6,9,11-17H2,1-4H3/t20?,25-,27?/m0/s1. The Hall–Kier alpha value is -2.87. The third-order valence-electron chi connectivity index (χ3n) is 8.56. The zero-order valence-corrected chi connectivity index (χ0v) is 22.9. The van der Waals surface area contributed by atoms with Crippen LogP contribution in [-0.2, 0) is 11.2 Å². The first kappa shape index (κ1) is 26.7. The molecule has 38 heavy (non-hydrogen) atoms. The summed E-state index contributed by atoms with van der Waals surface area (Å²) in [6, 6.07) is 10.3. The van der Waals surface area contributed by atoms with Gasteiger partial charge in [-0.15, -0.1) is 0 Å². The number of carbonyl (C=O) groups excluding carboxylic acids is 1. The second-order valence-electron chi connectivity index (χ2n) is 11.6. The van der Waals surface area contributed by atoms with Crippen LogP contribution in [0.25, 0.3) is 0 Å². The van der Waals surface area contributed by atoms with Crippen molar-refractivity contribution in [1.29, 1.82) is 0 Å². The second kappa shape index (κ2) is 10.7. The molecule has 3 atom stereocenters. The van der Waals surface area contributed by atoms with Crippen molar-refractivity contribution < 1.29 is 23.0 Å². The zero-order valence-electron chi connectivity index (χ0n) is 22.9. The minimum Gasteiger partial charge on any atom is -0.489 e. The molecule has 0 N–H and O–H groups in total. The number of amides is 1. The molecule has 0 aromatic heterocycles. The molecule has 1 amide bonds. The summed E-state index contributed by atoms with van der Waals surface area (Å²) in [5, 5.41) is 0. The van der Waals surface area contributed by atoms with Crippen LogP contribution in [0.4, 0.5) is 19.3 Å². The van der Waals surface area contributed by atoms with Gasteiger partial charge in [0.05, 0.1) is 0 Å². The van der Waals surface area contributed by atoms with Crippen LogP contribution in [0.1, 0.15) is 50.8 Å². The van der Waals surface area contributed by atoms with Crippen molar-refractivity contribution in [3.8, 4) is 5.75 Å². The average molecular weight is 528 g/mol. The SMILES string of the molecule is CC1C[C@@H]1C(C)(C)OC(=O)N1CCN(c2ccc3c(c2)C(N(C)CCOc2ccc(F)cc2F)CC3)CC1. The van der Waals surface area contributed by atoms with Gasteiger partial charge in [0.25, 0.3) is 0 Å². The number of hydrogen-bond acceptors (Lipinski definition) is 5. The predicted molar refractivity (Wildman–Crippen MR) is 144 cm³/mol. The van der Waals surface area contributed by atoms with Crippen molar-refractivity contribution in [2.45, 2.75) is 51.7 Å². The Balaban J connectivity index is 1.14. The highest BCUT2D eigenvalue weighted by Crippen LogP contribution is 2.47. The number of benzene rings is 2. The van der Waals surface area contributed by atoms with Gasteiger partial charge in [-0.05, 0) is 81.5 Å². The highest BCUT2D eigenvalue weighted by atomic mass is 19.1. The van der Waals surface area contributed by atoms with Crippen LogP contribution in [0.5, 0.6) is 5.75 Å². The quantitative estimate of drug-likeness (QED) is 0.444. The second-order valence-corrected chi connectivity index (χ2v) is 11.6. The van der Waals surface area contributed by atoms with E-state index >= 15 is 0 Å². The van der Waals surface area contributed by atoms with Crippen molar-refractivity contribution in [3.05, 3.63) is 59.2 Å². The number of hydrogen-bond donors (Lipinski definition) is 0. The largest absolute Gasteiger partial charge is 0.489 e. The van der Waals surface area contributed by atoms with Gasteiger partial charge in [-0.25, -0.2) is 13.6 Å². The van der Waals surface area contributed by atoms with Crippen molar-refractivity contribution in [1.82, 2.24) is 9.80 Å². The van der Waals surface area contributed by atoms with Gasteiger partial charge < -0.3 is 19.3 Å². The average Bonchev–Trinajstić information content (AvgIpc) is 3.49. The summed E-state index contributed by atoms with van der Waals surface area (Å²) >= 11 is 0. The number of rotatable bonds is 8. The molecular weight excluding hydrogens is 488 g/mol. The molecule has 0 spiro atoms. The van der Waals surface area contributed by atoms with E-state index < -0.39 is 17.2 Å². The van der Waals surface area contributed by atoms with Crippen molar-refractivity contribution in [2.24, 2.45) is 11.8 Å². The molecule has 3 aliphatic rings. The fraction of sp³-hybridized carbons (Fsp3) is 0.567. The lowest BCUT2D eigenvalue weighted by Gasteiger charge is -2.37. The summed E-state index contributed by atoms with van der Waals surface area (Å²) in [4.78, 5) is 19.2. The Kier molecular flexibility index (Phi) is 7.54. The smallest absolute Gasteiger partial charge is 0.410 e. The summed E-state index contributed by atoms with van der Waals surface area (Å²) in [5.74, 6) is -0.136. The van der Waals surface area contributed by atoms with E-state index in [1.807, 2.05) is 18.7 Å². The van der Waals surface area contributed by atoms with E-state index in [4.69, 9.17) is 9.47 Å². The van der Waals surface area contributed by atoms with Gasteiger partial charge in [0.1, 0.15) is 18.0 Å². The first-order valence-electron chi connectivity index (χ1n) is 13.8. The molecule has 5 rings (SSSR count). The first-order chi connectivity index (χ1) is 18.1. The lowest BCUT2D eigenvalue weighted by molar-refractivity contribution is -0.00367. The lowest BCUT2D eigenvalue weighted by atomic mass is 10.0. The van der Waals surface area contributed by atoms with Crippen LogP contribution in [0, 0.1) is 23.5 Å². The van der Waals surface area contributed by atoms with E-state index in [0.717, 1.165) is 38.4 Å². The number of piperazine rings is 1. The van der Waals surface area contributed by atoms with Crippen LogP contribution >= 0.6 is 0 Å². The van der Waals surface area contributed by atoms with Crippen molar-refractivity contribution in [3.63, 3.8) is 0 Å². The highest BCUT2D eigenvalue weighted by molar-refractivity contribution is 5.69. The van der Waals surface area contributed by atoms with Crippen LogP contribution < -0.4 is 9.64 Å². The third-order valence-corrected chi connectivity index (χ3v) is 8.56. The van der Waals surface area contributed by atoms with E-state index in [1.165, 1.54) is 28.9 Å². The van der Waals surface area contributed by atoms with E-state index in [1.54, 1.807) is 0 Å². The van der Waals surface area contributed by atoms with Gasteiger partial charge in [-0.1, -0.05) is 13.0 Å². The number of halogens is 2. The Morgan fingerprint density at radius 1 is 1.11 bits per heavy atom. The number of likely N-dealkylation sites (N-methyl/N-ethyl adjacent to an activating group) is 1. The number of carbonyl (C=O) groups is 1. The zero-order chi connectivity index (χ0) is 27.0. The molecule has 0 bridgehead atoms. The normalized spacial score (nSPS) is 23.0. The molecule has 1 aliphatic heterocycles. The van der Waals surface area contributed by atoms with Crippen LogP contribution in [0.2, 0.25) is 0 Å². The summed E-state index contributed by atoms with van der Waals surface area (Å²) in [5.41, 5.74) is 3.44. The molecule has 0 radical (unpaired) electrons. The van der Waals surface area contributed by atoms with Gasteiger partial charge >= 0.3 is 6.09 Å². The van der Waals surface area contributed by atoms with E-state index in [9.17, 15) is 13.6 Å². The third kappa shape index (κ3) is 5.75. The number of aryl methyl sites for hydroxylation is 1. The monoisotopic (exact) mass is 527 g/mol. The molecule has 8 heteroatoms. The Labute approximate surface area is 224 Å². The summed E-state index contributed by atoms with van der Waals surface area (Å²) in [6.45, 7) is 10.0. The van der Waals surface area contributed by atoms with Crippen molar-refractivity contribution in [2.75, 3.05) is 51.3 Å². The molecular formula is C30H39F2N3O3. The molecule has 1 saturated heterocycles. The molecule has 2 aliphatic carbocycles. The summed E-state index contributed by atoms with van der Waals surface area (Å²) in [7, 11) is 2.06. The maximum atomic E-state index is 13.9. The Morgan fingerprint density at radius 3 is 2.53 bits per heavy atom. The van der Waals surface area contributed by atoms with Gasteiger partial charge in [-0.2, -0.15) is 0 Å². The fourth-order valence-corrected chi connectivity index (χ4v) is 6.07. The van der Waals surface area contributed by atoms with Gasteiger partial charge in [0.15, 0.2) is 11.6 Å². The molecule has 1 saturated carbocycles. The van der Waals surface area contributed by atoms with Gasteiger partial charge in [0, 0.05) is 56.4 Å². The van der Waals surface area contributed by atoms with Crippen LogP contribution in [0.3, 0.4) is 0 Å². The lowest BCUT2D eigenvalue weighted by Crippen LogP contribution is -2.50. The number of anilines is 1. The molecule has 2 unspecified atom stereocenters. The molecule has 6 nitrogen and oxygen atoms in total. The molecule has 2 aromatic rings. The number of fused-ring (bicyclic) bond motifs is 1. The van der Waals surface area contributed by atoms with E-state index in [0.29, 0.717) is 38.1 Å². The number of ether oxygens (including phenoxy) is 2. The highest BCUT2D eigenvalue weighted by Gasteiger charge is 2.47. The topological polar surface area (TPSA) is 45.2 Å². The predicted octanol–water partition coefficient (Wildman–Crippen LogP) is 5.66. The molecule has 2 aromatic carbocycles. The van der Waals surface area contributed by atoms with Crippen LogP contribution in [0.15, 0.2) is 36.4 Å². The maximum Gasteiger partial charge on any atom is 0.410 e. The van der Waals surface area contributed by atoms with E-state index in [2.05, 4.69) is 42.0 Å². The number of nitrogens with zero attached hydrogens (tertiary/aromatic N) is 3. The van der Waals surface area contributed by atoms with Gasteiger partial charge in [-0.3, -0.25) is 4.90 Å². The Morgan fingerprint density at radius 2 is 1.84 bits per heavy atom. The molecule has 206 valence electrons. The Bertz CT molecular complexity index is 1170. The summed E-state index contributed by atoms with van der Waals surface area (Å²) in [6.07, 6.45) is 2.97. The van der Waals surface area contributed by atoms with Gasteiger partial charge in [0.2, 0.25) is 0 Å². The minimum atomic E-state index is -0.682. The van der Waals surface area contributed by atoms with Crippen molar-refractivity contribution >= 4 is 11.8 Å². The minimum absolute atomic E-state index is 0.0718. The first-order valence-corrected chi connectivity index (χ1v) is 13.8. The fourth-order valence-electron chi connectivity index (χ4n) is 6.07. The van der Waals surface area contributed by atoms with Crippen LogP contribution in [-0.4, -0.2) is 67.9 Å². The van der Waals surface area contributed by atoms with E-state index in [-0.39, 0.29) is 17.9 Å².